The molecule has 0 saturated carbocycles. The summed E-state index contributed by atoms with van der Waals surface area (Å²) < 4.78 is 27.8. The molecular weight excluding hydrogens is 400 g/mol. The van der Waals surface area contributed by atoms with Crippen LogP contribution in [-0.2, 0) is 21.2 Å². The maximum atomic E-state index is 13.3. The standard InChI is InChI=1S/C22H22N4O3S/c1-2-18-10-6-7-14-21(18)26(30(28,29)20-12-4-3-5-13-20)17-22(27)25-24-16-19-11-8-9-15-23-19/h3-16H,2,17H2,1H3,(H,25,27)/b24-16-. The van der Waals surface area contributed by atoms with E-state index in [0.717, 1.165) is 9.87 Å². The van der Waals surface area contributed by atoms with Crippen molar-refractivity contribution < 1.29 is 13.2 Å². The highest BCUT2D eigenvalue weighted by Crippen LogP contribution is 2.27. The predicted molar refractivity (Wildman–Crippen MR) is 117 cm³/mol. The monoisotopic (exact) mass is 422 g/mol. The van der Waals surface area contributed by atoms with Gasteiger partial charge >= 0.3 is 0 Å². The Bertz CT molecular complexity index is 1120. The van der Waals surface area contributed by atoms with Crippen LogP contribution in [-0.4, -0.2) is 32.1 Å². The number of sulfonamides is 1. The Morgan fingerprint density at radius 2 is 1.73 bits per heavy atom. The fourth-order valence-corrected chi connectivity index (χ4v) is 4.34. The molecule has 0 saturated heterocycles. The first-order valence-corrected chi connectivity index (χ1v) is 10.8. The zero-order valence-corrected chi connectivity index (χ0v) is 17.3. The molecule has 1 N–H and O–H groups in total. The SMILES string of the molecule is CCc1ccccc1N(CC(=O)N/N=C\c1ccccn1)S(=O)(=O)c1ccccc1. The number of pyridine rings is 1. The van der Waals surface area contributed by atoms with Gasteiger partial charge in [-0.05, 0) is 42.3 Å². The van der Waals surface area contributed by atoms with Gasteiger partial charge in [-0.1, -0.05) is 49.4 Å². The predicted octanol–water partition coefficient (Wildman–Crippen LogP) is 2.99. The molecule has 2 aromatic carbocycles. The Hall–Kier alpha value is -3.52. The summed E-state index contributed by atoms with van der Waals surface area (Å²) in [7, 11) is -3.95. The topological polar surface area (TPSA) is 91.7 Å². The lowest BCUT2D eigenvalue weighted by Crippen LogP contribution is -2.40. The number of para-hydroxylation sites is 1. The van der Waals surface area contributed by atoms with Crippen molar-refractivity contribution in [3.05, 3.63) is 90.3 Å². The Morgan fingerprint density at radius 1 is 1.03 bits per heavy atom. The Labute approximate surface area is 176 Å². The Kier molecular flexibility index (Phi) is 6.92. The molecule has 0 aliphatic heterocycles. The van der Waals surface area contributed by atoms with E-state index >= 15 is 0 Å². The number of hydrogen-bond acceptors (Lipinski definition) is 5. The maximum absolute atomic E-state index is 13.3. The van der Waals surface area contributed by atoms with Crippen LogP contribution in [0.5, 0.6) is 0 Å². The molecule has 0 aliphatic carbocycles. The third-order valence-corrected chi connectivity index (χ3v) is 6.11. The van der Waals surface area contributed by atoms with Crippen molar-refractivity contribution in [1.29, 1.82) is 0 Å². The molecule has 1 amide bonds. The van der Waals surface area contributed by atoms with Crippen LogP contribution in [0, 0.1) is 0 Å². The molecule has 0 fully saturated rings. The number of carbonyl (C=O) groups is 1. The van der Waals surface area contributed by atoms with Crippen LogP contribution in [0.25, 0.3) is 0 Å². The van der Waals surface area contributed by atoms with E-state index in [9.17, 15) is 13.2 Å². The van der Waals surface area contributed by atoms with Crippen LogP contribution in [0.4, 0.5) is 5.69 Å². The van der Waals surface area contributed by atoms with Gasteiger partial charge in [-0.2, -0.15) is 5.10 Å². The lowest BCUT2D eigenvalue weighted by molar-refractivity contribution is -0.119. The lowest BCUT2D eigenvalue weighted by atomic mass is 10.1. The minimum absolute atomic E-state index is 0.112. The second-order valence-electron chi connectivity index (χ2n) is 6.35. The first-order chi connectivity index (χ1) is 14.5. The van der Waals surface area contributed by atoms with Crippen LogP contribution >= 0.6 is 0 Å². The average molecular weight is 423 g/mol. The third kappa shape index (κ3) is 5.09. The highest BCUT2D eigenvalue weighted by molar-refractivity contribution is 7.92. The molecule has 8 heteroatoms. The largest absolute Gasteiger partial charge is 0.271 e. The highest BCUT2D eigenvalue weighted by Gasteiger charge is 2.28. The van der Waals surface area contributed by atoms with Gasteiger partial charge in [-0.3, -0.25) is 14.1 Å². The summed E-state index contributed by atoms with van der Waals surface area (Å²) in [5.74, 6) is -0.562. The van der Waals surface area contributed by atoms with Gasteiger partial charge in [-0.15, -0.1) is 0 Å². The molecule has 0 spiro atoms. The minimum Gasteiger partial charge on any atom is -0.271 e. The van der Waals surface area contributed by atoms with E-state index in [0.29, 0.717) is 17.8 Å². The molecule has 3 rings (SSSR count). The number of rotatable bonds is 8. The van der Waals surface area contributed by atoms with Gasteiger partial charge in [-0.25, -0.2) is 13.8 Å². The van der Waals surface area contributed by atoms with Crippen molar-refractivity contribution in [3.63, 3.8) is 0 Å². The highest BCUT2D eigenvalue weighted by atomic mass is 32.2. The van der Waals surface area contributed by atoms with Crippen molar-refractivity contribution in [2.24, 2.45) is 5.10 Å². The quantitative estimate of drug-likeness (QED) is 0.446. The molecule has 30 heavy (non-hydrogen) atoms. The average Bonchev–Trinajstić information content (AvgIpc) is 2.78. The first-order valence-electron chi connectivity index (χ1n) is 9.41. The Balaban J connectivity index is 1.88. The zero-order chi connectivity index (χ0) is 21.4. The summed E-state index contributed by atoms with van der Waals surface area (Å²) in [6.45, 7) is 1.52. The number of hydrazone groups is 1. The van der Waals surface area contributed by atoms with Gasteiger partial charge in [0.1, 0.15) is 6.54 Å². The van der Waals surface area contributed by atoms with E-state index in [4.69, 9.17) is 0 Å². The van der Waals surface area contributed by atoms with Gasteiger partial charge in [0.05, 0.1) is 22.5 Å². The summed E-state index contributed by atoms with van der Waals surface area (Å²) in [4.78, 5) is 16.7. The number of benzene rings is 2. The van der Waals surface area contributed by atoms with E-state index in [2.05, 4.69) is 15.5 Å². The van der Waals surface area contributed by atoms with Crippen LogP contribution < -0.4 is 9.73 Å². The van der Waals surface area contributed by atoms with Gasteiger partial charge in [0, 0.05) is 6.20 Å². The summed E-state index contributed by atoms with van der Waals surface area (Å²) >= 11 is 0. The van der Waals surface area contributed by atoms with Crippen LogP contribution in [0.1, 0.15) is 18.2 Å². The number of nitrogens with zero attached hydrogens (tertiary/aromatic N) is 3. The zero-order valence-electron chi connectivity index (χ0n) is 16.5. The van der Waals surface area contributed by atoms with E-state index < -0.39 is 22.5 Å². The molecule has 1 heterocycles. The summed E-state index contributed by atoms with van der Waals surface area (Å²) in [6, 6.07) is 20.5. The lowest BCUT2D eigenvalue weighted by Gasteiger charge is -2.25. The molecule has 0 unspecified atom stereocenters. The fourth-order valence-electron chi connectivity index (χ4n) is 2.86. The molecule has 7 nitrogen and oxygen atoms in total. The summed E-state index contributed by atoms with van der Waals surface area (Å²) in [6.07, 6.45) is 3.63. The van der Waals surface area contributed by atoms with Crippen molar-refractivity contribution in [1.82, 2.24) is 10.4 Å². The summed E-state index contributed by atoms with van der Waals surface area (Å²) in [5.41, 5.74) is 4.24. The number of anilines is 1. The number of nitrogens with one attached hydrogen (secondary N) is 1. The molecule has 0 radical (unpaired) electrons. The van der Waals surface area contributed by atoms with Crippen LogP contribution in [0.2, 0.25) is 0 Å². The van der Waals surface area contributed by atoms with E-state index in [1.807, 2.05) is 19.1 Å². The molecule has 0 atom stereocenters. The van der Waals surface area contributed by atoms with Crippen LogP contribution in [0.15, 0.2) is 89.0 Å². The van der Waals surface area contributed by atoms with Gasteiger partial charge in [0.15, 0.2) is 0 Å². The molecular formula is C22H22N4O3S. The van der Waals surface area contributed by atoms with Crippen LogP contribution in [0.3, 0.4) is 0 Å². The number of hydrogen-bond donors (Lipinski definition) is 1. The van der Waals surface area contributed by atoms with Gasteiger partial charge in [0.2, 0.25) is 0 Å². The molecule has 3 aromatic rings. The molecule has 0 aliphatic rings. The van der Waals surface area contributed by atoms with Crippen molar-refractivity contribution in [2.75, 3.05) is 10.8 Å². The number of aryl methyl sites for hydroxylation is 1. The molecule has 1 aromatic heterocycles. The van der Waals surface area contributed by atoms with E-state index in [1.54, 1.807) is 54.7 Å². The van der Waals surface area contributed by atoms with Crippen molar-refractivity contribution in [3.8, 4) is 0 Å². The summed E-state index contributed by atoms with van der Waals surface area (Å²) in [5, 5.41) is 3.88. The Morgan fingerprint density at radius 3 is 2.43 bits per heavy atom. The maximum Gasteiger partial charge on any atom is 0.264 e. The van der Waals surface area contributed by atoms with Crippen molar-refractivity contribution >= 4 is 27.8 Å². The third-order valence-electron chi connectivity index (χ3n) is 4.33. The second-order valence-corrected chi connectivity index (χ2v) is 8.22. The molecule has 154 valence electrons. The normalized spacial score (nSPS) is 11.4. The van der Waals surface area contributed by atoms with Gasteiger partial charge < -0.3 is 0 Å². The minimum atomic E-state index is -3.95. The van der Waals surface area contributed by atoms with E-state index in [1.165, 1.54) is 18.3 Å². The number of amides is 1. The number of aromatic nitrogens is 1. The van der Waals surface area contributed by atoms with E-state index in [-0.39, 0.29) is 4.90 Å². The smallest absolute Gasteiger partial charge is 0.264 e. The second kappa shape index (κ2) is 9.80. The fraction of sp³-hybridized carbons (Fsp3) is 0.136. The van der Waals surface area contributed by atoms with Crippen molar-refractivity contribution in [2.45, 2.75) is 18.2 Å². The number of carbonyl (C=O) groups excluding carboxylic acids is 1. The molecule has 0 bridgehead atoms. The van der Waals surface area contributed by atoms with Gasteiger partial charge in [0.25, 0.3) is 15.9 Å². The first kappa shape index (κ1) is 21.2.